The van der Waals surface area contributed by atoms with Gasteiger partial charge in [0.1, 0.15) is 22.7 Å². The molecule has 0 fully saturated rings. The van der Waals surface area contributed by atoms with Gasteiger partial charge in [-0.25, -0.2) is 4.98 Å². The summed E-state index contributed by atoms with van der Waals surface area (Å²) in [6, 6.07) is 11.3. The molecular weight excluding hydrogens is 372 g/mol. The second-order valence-electron chi connectivity index (χ2n) is 3.33. The highest BCUT2D eigenvalue weighted by Crippen LogP contribution is 2.20. The van der Waals surface area contributed by atoms with Gasteiger partial charge in [0, 0.05) is 9.13 Å². The van der Waals surface area contributed by atoms with E-state index in [9.17, 15) is 0 Å². The molecule has 0 saturated carbocycles. The van der Waals surface area contributed by atoms with Gasteiger partial charge in [0.15, 0.2) is 0 Å². The topological polar surface area (TPSA) is 22.1 Å². The maximum Gasteiger partial charge on any atom is 0.137 e. The molecule has 17 heavy (non-hydrogen) atoms. The third kappa shape index (κ3) is 3.72. The van der Waals surface area contributed by atoms with Gasteiger partial charge in [-0.2, -0.15) is 0 Å². The molecule has 0 N–H and O–H groups in total. The van der Waals surface area contributed by atoms with Crippen LogP contribution in [0.25, 0.3) is 0 Å². The number of hydrogen-bond acceptors (Lipinski definition) is 2. The van der Waals surface area contributed by atoms with E-state index in [1.807, 2.05) is 30.3 Å². The fourth-order valence-electron chi connectivity index (χ4n) is 1.24. The standard InChI is InChI=1S/C12H8Cl2INO/c13-11-6-1-8(12(14)16-11)7-17-10-4-2-9(15)3-5-10/h1-6H,7H2. The van der Waals surface area contributed by atoms with Gasteiger partial charge in [-0.3, -0.25) is 0 Å². The highest BCUT2D eigenvalue weighted by atomic mass is 127. The lowest BCUT2D eigenvalue weighted by atomic mass is 10.3. The highest BCUT2D eigenvalue weighted by molar-refractivity contribution is 14.1. The Balaban J connectivity index is 2.04. The second kappa shape index (κ2) is 5.89. The van der Waals surface area contributed by atoms with E-state index in [1.54, 1.807) is 6.07 Å². The van der Waals surface area contributed by atoms with Crippen molar-refractivity contribution in [2.45, 2.75) is 6.61 Å². The molecule has 0 radical (unpaired) electrons. The van der Waals surface area contributed by atoms with Crippen molar-refractivity contribution in [2.24, 2.45) is 0 Å². The summed E-state index contributed by atoms with van der Waals surface area (Å²) in [5.41, 5.74) is 0.814. The summed E-state index contributed by atoms with van der Waals surface area (Å²) in [6.07, 6.45) is 0. The first-order chi connectivity index (χ1) is 8.15. The summed E-state index contributed by atoms with van der Waals surface area (Å²) in [4.78, 5) is 3.95. The Kier molecular flexibility index (Phi) is 4.48. The molecule has 0 spiro atoms. The van der Waals surface area contributed by atoms with Gasteiger partial charge in [0.2, 0.25) is 0 Å². The van der Waals surface area contributed by atoms with Crippen LogP contribution in [-0.2, 0) is 6.61 Å². The molecule has 2 nitrogen and oxygen atoms in total. The molecule has 0 aliphatic heterocycles. The van der Waals surface area contributed by atoms with Crippen LogP contribution in [0.5, 0.6) is 5.75 Å². The summed E-state index contributed by atoms with van der Waals surface area (Å²) >= 11 is 13.9. The number of hydrogen-bond donors (Lipinski definition) is 0. The number of halogens is 3. The molecule has 0 aliphatic carbocycles. The van der Waals surface area contributed by atoms with Crippen LogP contribution in [0.1, 0.15) is 5.56 Å². The van der Waals surface area contributed by atoms with E-state index in [2.05, 4.69) is 27.6 Å². The second-order valence-corrected chi connectivity index (χ2v) is 5.32. The van der Waals surface area contributed by atoms with Gasteiger partial charge in [-0.15, -0.1) is 0 Å². The summed E-state index contributed by atoms with van der Waals surface area (Å²) in [5, 5.41) is 0.760. The summed E-state index contributed by atoms with van der Waals surface area (Å²) in [6.45, 7) is 0.379. The zero-order valence-corrected chi connectivity index (χ0v) is 12.3. The van der Waals surface area contributed by atoms with E-state index in [1.165, 1.54) is 3.57 Å². The zero-order chi connectivity index (χ0) is 12.3. The average molecular weight is 380 g/mol. The third-order valence-corrected chi connectivity index (χ3v) is 3.36. The van der Waals surface area contributed by atoms with Gasteiger partial charge in [0.25, 0.3) is 0 Å². The van der Waals surface area contributed by atoms with E-state index in [0.717, 1.165) is 11.3 Å². The van der Waals surface area contributed by atoms with E-state index in [-0.39, 0.29) is 0 Å². The molecule has 0 aliphatic rings. The zero-order valence-electron chi connectivity index (χ0n) is 8.66. The van der Waals surface area contributed by atoms with Crippen LogP contribution in [0.3, 0.4) is 0 Å². The van der Waals surface area contributed by atoms with E-state index < -0.39 is 0 Å². The van der Waals surface area contributed by atoms with Gasteiger partial charge >= 0.3 is 0 Å². The molecule has 5 heteroatoms. The number of pyridine rings is 1. The average Bonchev–Trinajstić information content (AvgIpc) is 2.30. The lowest BCUT2D eigenvalue weighted by Gasteiger charge is -2.07. The van der Waals surface area contributed by atoms with E-state index >= 15 is 0 Å². The van der Waals surface area contributed by atoms with Crippen molar-refractivity contribution in [3.63, 3.8) is 0 Å². The largest absolute Gasteiger partial charge is 0.489 e. The number of aromatic nitrogens is 1. The predicted molar refractivity (Wildman–Crippen MR) is 77.7 cm³/mol. The molecule has 0 atom stereocenters. The predicted octanol–water partition coefficient (Wildman–Crippen LogP) is 4.57. The lowest BCUT2D eigenvalue weighted by Crippen LogP contribution is -1.97. The SMILES string of the molecule is Clc1ccc(COc2ccc(I)cc2)c(Cl)n1. The Labute approximate surface area is 123 Å². The first-order valence-corrected chi connectivity index (χ1v) is 6.68. The van der Waals surface area contributed by atoms with Crippen molar-refractivity contribution in [1.29, 1.82) is 0 Å². The Morgan fingerprint density at radius 2 is 1.76 bits per heavy atom. The van der Waals surface area contributed by atoms with Crippen LogP contribution in [-0.4, -0.2) is 4.98 Å². The molecule has 88 valence electrons. The normalized spacial score (nSPS) is 10.3. The molecule has 0 bridgehead atoms. The smallest absolute Gasteiger partial charge is 0.137 e. The number of rotatable bonds is 3. The molecule has 0 unspecified atom stereocenters. The van der Waals surface area contributed by atoms with Gasteiger partial charge < -0.3 is 4.74 Å². The van der Waals surface area contributed by atoms with Crippen molar-refractivity contribution in [3.05, 3.63) is 55.8 Å². The summed E-state index contributed by atoms with van der Waals surface area (Å²) in [5.74, 6) is 0.802. The minimum Gasteiger partial charge on any atom is -0.489 e. The molecule has 1 heterocycles. The number of ether oxygens (including phenoxy) is 1. The van der Waals surface area contributed by atoms with Crippen LogP contribution in [0, 0.1) is 3.57 Å². The van der Waals surface area contributed by atoms with Crippen LogP contribution in [0.4, 0.5) is 0 Å². The Bertz CT molecular complexity index is 516. The van der Waals surface area contributed by atoms with Gasteiger partial charge in [-0.1, -0.05) is 23.2 Å². The van der Waals surface area contributed by atoms with Gasteiger partial charge in [-0.05, 0) is 59.0 Å². The van der Waals surface area contributed by atoms with Crippen molar-refractivity contribution >= 4 is 45.8 Å². The lowest BCUT2D eigenvalue weighted by molar-refractivity contribution is 0.306. The molecule has 2 aromatic rings. The molecule has 1 aromatic heterocycles. The van der Waals surface area contributed by atoms with Crippen molar-refractivity contribution in [1.82, 2.24) is 4.98 Å². The van der Waals surface area contributed by atoms with Crippen LogP contribution >= 0.6 is 45.8 Å². The minimum atomic E-state index is 0.378. The van der Waals surface area contributed by atoms with Crippen LogP contribution < -0.4 is 4.74 Å². The fourth-order valence-corrected chi connectivity index (χ4v) is 2.00. The molecule has 0 amide bonds. The van der Waals surface area contributed by atoms with Gasteiger partial charge in [0.05, 0.1) is 0 Å². The first-order valence-electron chi connectivity index (χ1n) is 4.84. The molecule has 2 rings (SSSR count). The van der Waals surface area contributed by atoms with Crippen molar-refractivity contribution < 1.29 is 4.74 Å². The van der Waals surface area contributed by atoms with Crippen LogP contribution in [0.2, 0.25) is 10.3 Å². The van der Waals surface area contributed by atoms with E-state index in [4.69, 9.17) is 27.9 Å². The van der Waals surface area contributed by atoms with Crippen molar-refractivity contribution in [3.8, 4) is 5.75 Å². The van der Waals surface area contributed by atoms with E-state index in [0.29, 0.717) is 16.9 Å². The first kappa shape index (κ1) is 12.9. The monoisotopic (exact) mass is 379 g/mol. The highest BCUT2D eigenvalue weighted by Gasteiger charge is 2.03. The molecule has 1 aromatic carbocycles. The number of benzene rings is 1. The fraction of sp³-hybridized carbons (Fsp3) is 0.0833. The Hall–Kier alpha value is -0.520. The summed E-state index contributed by atoms with van der Waals surface area (Å²) < 4.78 is 6.76. The Morgan fingerprint density at radius 3 is 2.41 bits per heavy atom. The number of nitrogens with zero attached hydrogens (tertiary/aromatic N) is 1. The third-order valence-electron chi connectivity index (χ3n) is 2.10. The minimum absolute atomic E-state index is 0.378. The quantitative estimate of drug-likeness (QED) is 0.575. The maximum atomic E-state index is 5.94. The van der Waals surface area contributed by atoms with Crippen molar-refractivity contribution in [2.75, 3.05) is 0 Å². The summed E-state index contributed by atoms with van der Waals surface area (Å²) in [7, 11) is 0. The van der Waals surface area contributed by atoms with Crippen LogP contribution in [0.15, 0.2) is 36.4 Å². The maximum absolute atomic E-state index is 5.94. The molecule has 0 saturated heterocycles. The molecular formula is C12H8Cl2INO. The Morgan fingerprint density at radius 1 is 1.06 bits per heavy atom.